The van der Waals surface area contributed by atoms with Crippen LogP contribution in [0.4, 0.5) is 0 Å². The highest BCUT2D eigenvalue weighted by molar-refractivity contribution is 7.10. The van der Waals surface area contributed by atoms with Crippen molar-refractivity contribution in [3.8, 4) is 0 Å². The number of primary amides is 1. The van der Waals surface area contributed by atoms with Gasteiger partial charge in [0.1, 0.15) is 0 Å². The first kappa shape index (κ1) is 13.8. The molecule has 0 unspecified atom stereocenters. The van der Waals surface area contributed by atoms with E-state index >= 15 is 0 Å². The molecule has 19 heavy (non-hydrogen) atoms. The SMILES string of the molecule is C[C@@H]1CC[C@H](C(N)=O)CN1C(=O)/C=C\c1cccs1. The molecule has 0 bridgehead atoms. The number of nitrogens with zero attached hydrogens (tertiary/aromatic N) is 1. The molecule has 1 aromatic rings. The first-order valence-corrected chi connectivity index (χ1v) is 7.27. The van der Waals surface area contributed by atoms with Gasteiger partial charge in [-0.15, -0.1) is 11.3 Å². The van der Waals surface area contributed by atoms with Crippen molar-refractivity contribution in [1.82, 2.24) is 4.90 Å². The molecule has 0 aliphatic carbocycles. The average molecular weight is 278 g/mol. The summed E-state index contributed by atoms with van der Waals surface area (Å²) in [6.07, 6.45) is 4.99. The predicted octanol–water partition coefficient (Wildman–Crippen LogP) is 1.87. The van der Waals surface area contributed by atoms with Crippen LogP contribution in [0, 0.1) is 5.92 Å². The number of likely N-dealkylation sites (tertiary alicyclic amines) is 1. The van der Waals surface area contributed by atoms with E-state index in [9.17, 15) is 9.59 Å². The van der Waals surface area contributed by atoms with Crippen molar-refractivity contribution in [3.63, 3.8) is 0 Å². The summed E-state index contributed by atoms with van der Waals surface area (Å²) in [6, 6.07) is 4.07. The zero-order chi connectivity index (χ0) is 13.8. The third-order valence-corrected chi connectivity index (χ3v) is 4.34. The van der Waals surface area contributed by atoms with Crippen molar-refractivity contribution in [2.45, 2.75) is 25.8 Å². The van der Waals surface area contributed by atoms with E-state index in [0.29, 0.717) is 6.54 Å². The maximum absolute atomic E-state index is 12.2. The van der Waals surface area contributed by atoms with E-state index in [1.807, 2.05) is 30.5 Å². The predicted molar refractivity (Wildman–Crippen MR) is 76.4 cm³/mol. The Hall–Kier alpha value is -1.62. The summed E-state index contributed by atoms with van der Waals surface area (Å²) in [4.78, 5) is 26.2. The Morgan fingerprint density at radius 2 is 2.26 bits per heavy atom. The Bertz CT molecular complexity index is 482. The van der Waals surface area contributed by atoms with Crippen LogP contribution in [0.5, 0.6) is 0 Å². The standard InChI is InChI=1S/C14H18N2O2S/c1-10-4-5-11(14(15)18)9-16(10)13(17)7-6-12-3-2-8-19-12/h2-3,6-8,10-11H,4-5,9H2,1H3,(H2,15,18)/b7-6-/t10-,11+/m1/s1. The van der Waals surface area contributed by atoms with Crippen LogP contribution in [0.15, 0.2) is 23.6 Å². The van der Waals surface area contributed by atoms with Crippen molar-refractivity contribution >= 4 is 29.2 Å². The van der Waals surface area contributed by atoms with Gasteiger partial charge in [0.05, 0.1) is 5.92 Å². The molecule has 1 saturated heterocycles. The number of hydrogen-bond acceptors (Lipinski definition) is 3. The Morgan fingerprint density at radius 1 is 1.47 bits per heavy atom. The van der Waals surface area contributed by atoms with Crippen LogP contribution >= 0.6 is 11.3 Å². The van der Waals surface area contributed by atoms with E-state index in [-0.39, 0.29) is 23.8 Å². The van der Waals surface area contributed by atoms with Crippen LogP contribution in [0.25, 0.3) is 6.08 Å². The van der Waals surface area contributed by atoms with Gasteiger partial charge in [0.2, 0.25) is 11.8 Å². The highest BCUT2D eigenvalue weighted by atomic mass is 32.1. The number of carbonyl (C=O) groups excluding carboxylic acids is 2. The summed E-state index contributed by atoms with van der Waals surface area (Å²) in [5, 5.41) is 1.97. The van der Waals surface area contributed by atoms with E-state index in [2.05, 4.69) is 0 Å². The van der Waals surface area contributed by atoms with Crippen molar-refractivity contribution in [3.05, 3.63) is 28.5 Å². The fourth-order valence-electron chi connectivity index (χ4n) is 2.28. The van der Waals surface area contributed by atoms with Crippen molar-refractivity contribution in [2.75, 3.05) is 6.54 Å². The van der Waals surface area contributed by atoms with Crippen LogP contribution in [0.1, 0.15) is 24.6 Å². The molecule has 2 rings (SSSR count). The minimum Gasteiger partial charge on any atom is -0.369 e. The maximum Gasteiger partial charge on any atom is 0.246 e. The Balaban J connectivity index is 2.02. The third kappa shape index (κ3) is 3.44. The molecular formula is C14H18N2O2S. The van der Waals surface area contributed by atoms with Crippen LogP contribution < -0.4 is 5.73 Å². The molecule has 1 aliphatic heterocycles. The smallest absolute Gasteiger partial charge is 0.246 e. The summed E-state index contributed by atoms with van der Waals surface area (Å²) < 4.78 is 0. The van der Waals surface area contributed by atoms with Gasteiger partial charge in [-0.3, -0.25) is 9.59 Å². The van der Waals surface area contributed by atoms with E-state index < -0.39 is 0 Å². The fourth-order valence-corrected chi connectivity index (χ4v) is 2.90. The van der Waals surface area contributed by atoms with E-state index in [4.69, 9.17) is 5.73 Å². The number of thiophene rings is 1. The molecule has 2 atom stereocenters. The van der Waals surface area contributed by atoms with Gasteiger partial charge in [0.15, 0.2) is 0 Å². The molecule has 0 aromatic carbocycles. The summed E-state index contributed by atoms with van der Waals surface area (Å²) in [6.45, 7) is 2.44. The highest BCUT2D eigenvalue weighted by Crippen LogP contribution is 2.22. The van der Waals surface area contributed by atoms with Crippen LogP contribution in [-0.2, 0) is 9.59 Å². The van der Waals surface area contributed by atoms with E-state index in [1.54, 1.807) is 22.3 Å². The molecule has 4 nitrogen and oxygen atoms in total. The lowest BCUT2D eigenvalue weighted by Gasteiger charge is -2.36. The number of hydrogen-bond donors (Lipinski definition) is 1. The maximum atomic E-state index is 12.2. The molecule has 0 saturated carbocycles. The second kappa shape index (κ2) is 6.02. The molecular weight excluding hydrogens is 260 g/mol. The largest absolute Gasteiger partial charge is 0.369 e. The van der Waals surface area contributed by atoms with Gasteiger partial charge >= 0.3 is 0 Å². The molecule has 0 spiro atoms. The second-order valence-electron chi connectivity index (χ2n) is 4.87. The number of amides is 2. The van der Waals surface area contributed by atoms with Gasteiger partial charge in [0.25, 0.3) is 0 Å². The van der Waals surface area contributed by atoms with Crippen LogP contribution in [-0.4, -0.2) is 29.3 Å². The van der Waals surface area contributed by atoms with Crippen molar-refractivity contribution < 1.29 is 9.59 Å². The highest BCUT2D eigenvalue weighted by Gasteiger charge is 2.30. The molecule has 1 aromatic heterocycles. The Morgan fingerprint density at radius 3 is 2.89 bits per heavy atom. The van der Waals surface area contributed by atoms with E-state index in [0.717, 1.165) is 17.7 Å². The van der Waals surface area contributed by atoms with Crippen molar-refractivity contribution in [1.29, 1.82) is 0 Å². The molecule has 1 fully saturated rings. The second-order valence-corrected chi connectivity index (χ2v) is 5.84. The molecule has 0 radical (unpaired) electrons. The number of nitrogens with two attached hydrogens (primary N) is 1. The monoisotopic (exact) mass is 278 g/mol. The molecule has 2 heterocycles. The number of rotatable bonds is 3. The van der Waals surface area contributed by atoms with Gasteiger partial charge in [-0.25, -0.2) is 0 Å². The third-order valence-electron chi connectivity index (χ3n) is 3.50. The molecule has 1 aliphatic rings. The number of carbonyl (C=O) groups is 2. The fraction of sp³-hybridized carbons (Fsp3) is 0.429. The summed E-state index contributed by atoms with van der Waals surface area (Å²) in [7, 11) is 0. The van der Waals surface area contributed by atoms with Gasteiger partial charge in [-0.2, -0.15) is 0 Å². The van der Waals surface area contributed by atoms with E-state index in [1.165, 1.54) is 0 Å². The summed E-state index contributed by atoms with van der Waals surface area (Å²) in [5.74, 6) is -0.575. The lowest BCUT2D eigenvalue weighted by molar-refractivity contribution is -0.133. The van der Waals surface area contributed by atoms with Gasteiger partial charge in [-0.05, 0) is 37.3 Å². The Kier molecular flexibility index (Phi) is 4.37. The lowest BCUT2D eigenvalue weighted by atomic mass is 9.93. The van der Waals surface area contributed by atoms with Crippen molar-refractivity contribution in [2.24, 2.45) is 11.7 Å². The summed E-state index contributed by atoms with van der Waals surface area (Å²) >= 11 is 1.59. The quantitative estimate of drug-likeness (QED) is 0.858. The van der Waals surface area contributed by atoms with Gasteiger partial charge < -0.3 is 10.6 Å². The molecule has 102 valence electrons. The molecule has 2 amide bonds. The lowest BCUT2D eigenvalue weighted by Crippen LogP contribution is -2.48. The van der Waals surface area contributed by atoms with Crippen LogP contribution in [0.2, 0.25) is 0 Å². The number of piperidine rings is 1. The first-order valence-electron chi connectivity index (χ1n) is 6.39. The average Bonchev–Trinajstić information content (AvgIpc) is 2.89. The molecule has 5 heteroatoms. The Labute approximate surface area is 116 Å². The zero-order valence-electron chi connectivity index (χ0n) is 10.9. The zero-order valence-corrected chi connectivity index (χ0v) is 11.7. The minimum atomic E-state index is -0.313. The first-order chi connectivity index (χ1) is 9.08. The summed E-state index contributed by atoms with van der Waals surface area (Å²) in [5.41, 5.74) is 5.33. The van der Waals surface area contributed by atoms with Gasteiger partial charge in [-0.1, -0.05) is 6.07 Å². The van der Waals surface area contributed by atoms with Crippen LogP contribution in [0.3, 0.4) is 0 Å². The molecule has 2 N–H and O–H groups in total. The topological polar surface area (TPSA) is 63.4 Å². The van der Waals surface area contributed by atoms with Gasteiger partial charge in [0, 0.05) is 23.5 Å². The minimum absolute atomic E-state index is 0.0492. The normalized spacial score (nSPS) is 23.7.